The van der Waals surface area contributed by atoms with Crippen LogP contribution in [0.15, 0.2) is 12.2 Å². The number of nitrogens with one attached hydrogen (secondary N) is 3. The smallest absolute Gasteiger partial charge is 0.247 e. The summed E-state index contributed by atoms with van der Waals surface area (Å²) in [5.41, 5.74) is 0.447. The Hall–Kier alpha value is -3.20. The average molecular weight is 599 g/mol. The number of carbonyl (C=O) groups is 6. The van der Waals surface area contributed by atoms with Gasteiger partial charge in [-0.05, 0) is 26.3 Å². The highest BCUT2D eigenvalue weighted by Crippen LogP contribution is 2.18. The monoisotopic (exact) mass is 598 g/mol. The van der Waals surface area contributed by atoms with Crippen molar-refractivity contribution in [1.29, 1.82) is 0 Å². The highest BCUT2D eigenvalue weighted by Gasteiger charge is 2.35. The van der Waals surface area contributed by atoms with Crippen molar-refractivity contribution in [2.24, 2.45) is 5.92 Å². The van der Waals surface area contributed by atoms with Crippen LogP contribution in [0.1, 0.15) is 47.0 Å². The highest BCUT2D eigenvalue weighted by atomic mass is 16.6. The molecule has 14 heteroatoms. The molecule has 1 fully saturated rings. The Balaban J connectivity index is 1.94. The minimum atomic E-state index is -0.935. The molecule has 5 amide bonds. The minimum absolute atomic E-state index is 0.0477. The molecule has 0 aromatic carbocycles. The molecule has 1 aliphatic rings. The maximum atomic E-state index is 12.3. The van der Waals surface area contributed by atoms with E-state index in [1.807, 2.05) is 0 Å². The van der Waals surface area contributed by atoms with Crippen LogP contribution in [0.2, 0.25) is 0 Å². The van der Waals surface area contributed by atoms with E-state index in [0.29, 0.717) is 51.8 Å². The summed E-state index contributed by atoms with van der Waals surface area (Å²) in [6, 6.07) is -1.59. The summed E-state index contributed by atoms with van der Waals surface area (Å²) in [6.45, 7) is 12.9. The van der Waals surface area contributed by atoms with Gasteiger partial charge >= 0.3 is 0 Å². The number of hydrogen-bond donors (Lipinski definition) is 3. The molecule has 1 unspecified atom stereocenters. The van der Waals surface area contributed by atoms with Crippen LogP contribution >= 0.6 is 0 Å². The third kappa shape index (κ3) is 15.1. The Bertz CT molecular complexity index is 942. The van der Waals surface area contributed by atoms with Gasteiger partial charge in [0.1, 0.15) is 6.04 Å². The van der Waals surface area contributed by atoms with E-state index in [9.17, 15) is 28.8 Å². The van der Waals surface area contributed by atoms with Crippen LogP contribution in [0.4, 0.5) is 0 Å². The summed E-state index contributed by atoms with van der Waals surface area (Å²) in [5, 5.41) is 7.82. The van der Waals surface area contributed by atoms with Crippen molar-refractivity contribution < 1.29 is 47.7 Å². The van der Waals surface area contributed by atoms with Gasteiger partial charge in [-0.3, -0.25) is 33.7 Å². The molecule has 0 aromatic rings. The van der Waals surface area contributed by atoms with Gasteiger partial charge in [0.05, 0.1) is 58.9 Å². The Morgan fingerprint density at radius 2 is 1.40 bits per heavy atom. The van der Waals surface area contributed by atoms with Crippen LogP contribution in [-0.2, 0) is 47.7 Å². The van der Waals surface area contributed by atoms with E-state index in [1.165, 1.54) is 6.92 Å². The van der Waals surface area contributed by atoms with Crippen molar-refractivity contribution in [2.75, 3.05) is 65.9 Å². The molecule has 0 saturated carbocycles. The van der Waals surface area contributed by atoms with Crippen molar-refractivity contribution in [3.63, 3.8) is 0 Å². The van der Waals surface area contributed by atoms with Gasteiger partial charge < -0.3 is 34.9 Å². The molecule has 3 atom stereocenters. The third-order valence-corrected chi connectivity index (χ3v) is 6.22. The number of rotatable bonds is 23. The van der Waals surface area contributed by atoms with E-state index in [0.717, 1.165) is 4.90 Å². The number of ether oxygens (including phenoxy) is 4. The molecule has 238 valence electrons. The lowest BCUT2D eigenvalue weighted by Crippen LogP contribution is -2.51. The summed E-state index contributed by atoms with van der Waals surface area (Å²) in [4.78, 5) is 72.4. The average Bonchev–Trinajstić information content (AvgIpc) is 3.17. The van der Waals surface area contributed by atoms with E-state index >= 15 is 0 Å². The second-order valence-corrected chi connectivity index (χ2v) is 9.98. The molecular weight excluding hydrogens is 552 g/mol. The zero-order valence-electron chi connectivity index (χ0n) is 25.2. The Kier molecular flexibility index (Phi) is 18.1. The Morgan fingerprint density at radius 3 is 1.90 bits per heavy atom. The lowest BCUT2D eigenvalue weighted by atomic mass is 10.1. The Labute approximate surface area is 247 Å². The normalized spacial score (nSPS) is 16.2. The molecule has 1 heterocycles. The second-order valence-electron chi connectivity index (χ2n) is 9.98. The zero-order chi connectivity index (χ0) is 31.5. The maximum absolute atomic E-state index is 12.3. The molecule has 1 aliphatic heterocycles. The lowest BCUT2D eigenvalue weighted by molar-refractivity contribution is -0.139. The molecule has 0 radical (unpaired) electrons. The largest absolute Gasteiger partial charge is 0.379 e. The third-order valence-electron chi connectivity index (χ3n) is 6.22. The first-order chi connectivity index (χ1) is 19.9. The fourth-order valence-electron chi connectivity index (χ4n) is 3.62. The maximum Gasteiger partial charge on any atom is 0.247 e. The van der Waals surface area contributed by atoms with Gasteiger partial charge in [0.2, 0.25) is 29.5 Å². The number of ketones is 1. The summed E-state index contributed by atoms with van der Waals surface area (Å²) in [5.74, 6) is -2.10. The van der Waals surface area contributed by atoms with Crippen LogP contribution in [0.25, 0.3) is 0 Å². The topological polar surface area (TPSA) is 179 Å². The van der Waals surface area contributed by atoms with Gasteiger partial charge in [0.25, 0.3) is 0 Å². The van der Waals surface area contributed by atoms with Gasteiger partial charge in [0.15, 0.2) is 5.78 Å². The molecule has 42 heavy (non-hydrogen) atoms. The summed E-state index contributed by atoms with van der Waals surface area (Å²) < 4.78 is 21.6. The van der Waals surface area contributed by atoms with Crippen LogP contribution in [0, 0.1) is 5.92 Å². The number of hydrogen-bond acceptors (Lipinski definition) is 10. The molecule has 14 nitrogen and oxygen atoms in total. The molecule has 0 aliphatic carbocycles. The van der Waals surface area contributed by atoms with E-state index in [2.05, 4.69) is 22.5 Å². The van der Waals surface area contributed by atoms with Crippen molar-refractivity contribution >= 4 is 35.3 Å². The van der Waals surface area contributed by atoms with E-state index in [1.54, 1.807) is 20.8 Å². The molecule has 0 aromatic heterocycles. The molecule has 0 bridgehead atoms. The number of likely N-dealkylation sites (tertiary alicyclic amines) is 1. The minimum Gasteiger partial charge on any atom is -0.379 e. The van der Waals surface area contributed by atoms with E-state index < -0.39 is 18.0 Å². The number of amides is 5. The molecule has 1 rings (SSSR count). The molecular formula is C28H46N4O10. The van der Waals surface area contributed by atoms with Crippen molar-refractivity contribution in [2.45, 2.75) is 59.0 Å². The quantitative estimate of drug-likeness (QED) is 0.0789. The standard InChI is InChI=1S/C28H46N4O10/c1-19(2)26(27(37)30-21(4)22(5)33)31-24(35)7-10-39-12-14-41-16-17-42-15-13-40-11-8-29-23(34)6-9-32-25(36)18-20(3)28(32)38/h20-21,26H,1,6-18H2,2-5H3,(H,29,34)(H,30,37)(H,31,35)/t20?,21-,26-/m0/s1. The van der Waals surface area contributed by atoms with Crippen molar-refractivity contribution in [3.05, 3.63) is 12.2 Å². The zero-order valence-corrected chi connectivity index (χ0v) is 25.2. The Morgan fingerprint density at radius 1 is 0.857 bits per heavy atom. The lowest BCUT2D eigenvalue weighted by Gasteiger charge is -2.20. The van der Waals surface area contributed by atoms with Gasteiger partial charge in [-0.15, -0.1) is 0 Å². The SMILES string of the molecule is C=C(C)[C@H](NC(=O)CCOCCOCCOCCOCCNC(=O)CCN1C(=O)CC(C)C1=O)C(=O)N[C@@H](C)C(C)=O. The van der Waals surface area contributed by atoms with Crippen LogP contribution in [0.3, 0.4) is 0 Å². The van der Waals surface area contributed by atoms with Crippen molar-refractivity contribution in [3.8, 4) is 0 Å². The first-order valence-electron chi connectivity index (χ1n) is 14.1. The number of carbonyl (C=O) groups excluding carboxylic acids is 6. The summed E-state index contributed by atoms with van der Waals surface area (Å²) in [7, 11) is 0. The van der Waals surface area contributed by atoms with Crippen LogP contribution in [0.5, 0.6) is 0 Å². The fourth-order valence-corrected chi connectivity index (χ4v) is 3.62. The molecule has 3 N–H and O–H groups in total. The van der Waals surface area contributed by atoms with Gasteiger partial charge in [-0.2, -0.15) is 0 Å². The summed E-state index contributed by atoms with van der Waals surface area (Å²) >= 11 is 0. The number of nitrogens with zero attached hydrogens (tertiary/aromatic N) is 1. The summed E-state index contributed by atoms with van der Waals surface area (Å²) in [6.07, 6.45) is 0.310. The van der Waals surface area contributed by atoms with Gasteiger partial charge in [0, 0.05) is 38.3 Å². The predicted octanol–water partition coefficient (Wildman–Crippen LogP) is -0.501. The van der Waals surface area contributed by atoms with E-state index in [4.69, 9.17) is 18.9 Å². The molecule has 0 spiro atoms. The van der Waals surface area contributed by atoms with Crippen LogP contribution in [-0.4, -0.2) is 118 Å². The van der Waals surface area contributed by atoms with Crippen molar-refractivity contribution in [1.82, 2.24) is 20.9 Å². The predicted molar refractivity (Wildman–Crippen MR) is 151 cm³/mol. The van der Waals surface area contributed by atoms with E-state index in [-0.39, 0.29) is 74.4 Å². The van der Waals surface area contributed by atoms with Crippen LogP contribution < -0.4 is 16.0 Å². The fraction of sp³-hybridized carbons (Fsp3) is 0.714. The number of imide groups is 1. The molecule has 1 saturated heterocycles. The first-order valence-corrected chi connectivity index (χ1v) is 14.1. The highest BCUT2D eigenvalue weighted by molar-refractivity contribution is 6.03. The van der Waals surface area contributed by atoms with Gasteiger partial charge in [-0.25, -0.2) is 0 Å². The number of Topliss-reactive ketones (excluding diaryl/α,β-unsaturated/α-hetero) is 1. The first kappa shape index (κ1) is 36.8. The second kappa shape index (κ2) is 20.6. The van der Waals surface area contributed by atoms with Gasteiger partial charge in [-0.1, -0.05) is 13.5 Å².